The van der Waals surface area contributed by atoms with E-state index in [-0.39, 0.29) is 12.0 Å². The van der Waals surface area contributed by atoms with Gasteiger partial charge in [-0.05, 0) is 53.6 Å². The Labute approximate surface area is 126 Å². The van der Waals surface area contributed by atoms with E-state index >= 15 is 0 Å². The van der Waals surface area contributed by atoms with Crippen LogP contribution in [-0.4, -0.2) is 37.1 Å². The number of amides is 1. The molecule has 1 aliphatic rings. The van der Waals surface area contributed by atoms with E-state index in [0.29, 0.717) is 17.1 Å². The van der Waals surface area contributed by atoms with Gasteiger partial charge in [0.05, 0.1) is 11.1 Å². The number of hydrogen-bond donors (Lipinski definition) is 0. The van der Waals surface area contributed by atoms with Crippen LogP contribution in [0.3, 0.4) is 0 Å². The summed E-state index contributed by atoms with van der Waals surface area (Å²) in [5.41, 5.74) is 0.650. The number of methoxy groups -OCH3 is 1. The van der Waals surface area contributed by atoms with Crippen LogP contribution in [0.2, 0.25) is 5.02 Å². The molecule has 5 heteroatoms. The number of hydrogen-bond acceptors (Lipinski definition) is 2. The molecule has 0 aliphatic carbocycles. The number of piperidine rings is 1. The van der Waals surface area contributed by atoms with Crippen molar-refractivity contribution in [2.24, 2.45) is 0 Å². The topological polar surface area (TPSA) is 29.5 Å². The van der Waals surface area contributed by atoms with Crippen molar-refractivity contribution in [3.8, 4) is 0 Å². The van der Waals surface area contributed by atoms with Crippen LogP contribution in [0.25, 0.3) is 0 Å². The standard InChI is InChI=1S/C13H15ClINO2/c1-18-10-3-2-6-16(8-10)13(17)9-4-5-12(15)11(14)7-9/h4-5,7,10H,2-3,6,8H2,1H3. The van der Waals surface area contributed by atoms with Crippen LogP contribution in [0.4, 0.5) is 0 Å². The molecule has 1 fully saturated rings. The third kappa shape index (κ3) is 3.16. The summed E-state index contributed by atoms with van der Waals surface area (Å²) in [5.74, 6) is 0.0371. The van der Waals surface area contributed by atoms with Gasteiger partial charge in [0.2, 0.25) is 0 Å². The zero-order valence-electron chi connectivity index (χ0n) is 10.2. The highest BCUT2D eigenvalue weighted by Crippen LogP contribution is 2.22. The Bertz CT molecular complexity index is 453. The lowest BCUT2D eigenvalue weighted by Crippen LogP contribution is -2.42. The van der Waals surface area contributed by atoms with Crippen molar-refractivity contribution in [2.45, 2.75) is 18.9 Å². The van der Waals surface area contributed by atoms with Crippen LogP contribution in [0.1, 0.15) is 23.2 Å². The van der Waals surface area contributed by atoms with E-state index in [2.05, 4.69) is 22.6 Å². The molecule has 1 atom stereocenters. The van der Waals surface area contributed by atoms with Gasteiger partial charge in [0, 0.05) is 29.3 Å². The van der Waals surface area contributed by atoms with Crippen LogP contribution < -0.4 is 0 Å². The first kappa shape index (κ1) is 14.1. The Balaban J connectivity index is 2.12. The first-order valence-electron chi connectivity index (χ1n) is 5.89. The molecule has 1 heterocycles. The molecule has 0 bridgehead atoms. The van der Waals surface area contributed by atoms with E-state index in [1.54, 1.807) is 13.2 Å². The van der Waals surface area contributed by atoms with Crippen molar-refractivity contribution in [3.05, 3.63) is 32.4 Å². The Kier molecular flexibility index (Phi) is 4.86. The summed E-state index contributed by atoms with van der Waals surface area (Å²) in [5, 5.41) is 0.627. The Morgan fingerprint density at radius 3 is 3.00 bits per heavy atom. The number of carbonyl (C=O) groups is 1. The maximum Gasteiger partial charge on any atom is 0.253 e. The molecule has 2 rings (SSSR count). The van der Waals surface area contributed by atoms with Crippen molar-refractivity contribution in [1.29, 1.82) is 0 Å². The summed E-state index contributed by atoms with van der Waals surface area (Å²) in [7, 11) is 1.69. The van der Waals surface area contributed by atoms with Crippen molar-refractivity contribution < 1.29 is 9.53 Å². The van der Waals surface area contributed by atoms with Crippen LogP contribution in [0.5, 0.6) is 0 Å². The van der Waals surface area contributed by atoms with Gasteiger partial charge in [-0.15, -0.1) is 0 Å². The van der Waals surface area contributed by atoms with Crippen LogP contribution >= 0.6 is 34.2 Å². The highest BCUT2D eigenvalue weighted by Gasteiger charge is 2.24. The number of benzene rings is 1. The number of halogens is 2. The van der Waals surface area contributed by atoms with E-state index in [0.717, 1.165) is 23.0 Å². The van der Waals surface area contributed by atoms with Gasteiger partial charge in [-0.2, -0.15) is 0 Å². The predicted octanol–water partition coefficient (Wildman–Crippen LogP) is 3.20. The molecule has 98 valence electrons. The lowest BCUT2D eigenvalue weighted by atomic mass is 10.1. The molecule has 1 unspecified atom stereocenters. The van der Waals surface area contributed by atoms with E-state index < -0.39 is 0 Å². The normalized spacial score (nSPS) is 19.9. The zero-order valence-corrected chi connectivity index (χ0v) is 13.1. The van der Waals surface area contributed by atoms with Gasteiger partial charge in [-0.25, -0.2) is 0 Å². The fraction of sp³-hybridized carbons (Fsp3) is 0.462. The smallest absolute Gasteiger partial charge is 0.253 e. The molecule has 0 saturated carbocycles. The van der Waals surface area contributed by atoms with Gasteiger partial charge in [0.1, 0.15) is 0 Å². The quantitative estimate of drug-likeness (QED) is 0.739. The predicted molar refractivity (Wildman–Crippen MR) is 80.1 cm³/mol. The highest BCUT2D eigenvalue weighted by atomic mass is 127. The molecule has 0 aromatic heterocycles. The maximum atomic E-state index is 12.3. The molecule has 0 spiro atoms. The summed E-state index contributed by atoms with van der Waals surface area (Å²) in [6.45, 7) is 1.46. The number of carbonyl (C=O) groups excluding carboxylic acids is 1. The van der Waals surface area contributed by atoms with Gasteiger partial charge < -0.3 is 9.64 Å². The molecular formula is C13H15ClINO2. The number of ether oxygens (including phenoxy) is 1. The minimum Gasteiger partial charge on any atom is -0.380 e. The number of rotatable bonds is 2. The van der Waals surface area contributed by atoms with Crippen molar-refractivity contribution in [3.63, 3.8) is 0 Å². The highest BCUT2D eigenvalue weighted by molar-refractivity contribution is 14.1. The molecule has 3 nitrogen and oxygen atoms in total. The van der Waals surface area contributed by atoms with Crippen molar-refractivity contribution in [2.75, 3.05) is 20.2 Å². The summed E-state index contributed by atoms with van der Waals surface area (Å²) in [6, 6.07) is 5.43. The molecule has 1 aromatic rings. The van der Waals surface area contributed by atoms with E-state index in [1.807, 2.05) is 17.0 Å². The third-order valence-electron chi connectivity index (χ3n) is 3.17. The fourth-order valence-corrected chi connectivity index (χ4v) is 2.64. The number of nitrogens with zero attached hydrogens (tertiary/aromatic N) is 1. The largest absolute Gasteiger partial charge is 0.380 e. The zero-order chi connectivity index (χ0) is 13.1. The van der Waals surface area contributed by atoms with Crippen molar-refractivity contribution in [1.82, 2.24) is 4.90 Å². The van der Waals surface area contributed by atoms with Gasteiger partial charge in [0.25, 0.3) is 5.91 Å². The Hall–Kier alpha value is -0.330. The Morgan fingerprint density at radius 2 is 2.33 bits per heavy atom. The first-order chi connectivity index (χ1) is 8.61. The summed E-state index contributed by atoms with van der Waals surface area (Å²) in [6.07, 6.45) is 2.16. The SMILES string of the molecule is COC1CCCN(C(=O)c2ccc(I)c(Cl)c2)C1. The van der Waals surface area contributed by atoms with Crippen LogP contribution in [-0.2, 0) is 4.74 Å². The molecule has 1 aromatic carbocycles. The monoisotopic (exact) mass is 379 g/mol. The van der Waals surface area contributed by atoms with Gasteiger partial charge in [-0.1, -0.05) is 11.6 Å². The number of likely N-dealkylation sites (tertiary alicyclic amines) is 1. The molecular weight excluding hydrogens is 365 g/mol. The minimum absolute atomic E-state index is 0.0371. The van der Waals surface area contributed by atoms with Crippen LogP contribution in [0, 0.1) is 3.57 Å². The molecule has 1 amide bonds. The third-order valence-corrected chi connectivity index (χ3v) is 4.74. The Morgan fingerprint density at radius 1 is 1.56 bits per heavy atom. The molecule has 0 N–H and O–H groups in total. The second kappa shape index (κ2) is 6.21. The fourth-order valence-electron chi connectivity index (χ4n) is 2.13. The summed E-state index contributed by atoms with van der Waals surface area (Å²) < 4.78 is 6.29. The minimum atomic E-state index is 0.0371. The first-order valence-corrected chi connectivity index (χ1v) is 7.34. The average molecular weight is 380 g/mol. The lowest BCUT2D eigenvalue weighted by Gasteiger charge is -2.32. The van der Waals surface area contributed by atoms with Gasteiger partial charge in [0.15, 0.2) is 0 Å². The van der Waals surface area contributed by atoms with Crippen LogP contribution in [0.15, 0.2) is 18.2 Å². The lowest BCUT2D eigenvalue weighted by molar-refractivity contribution is 0.0269. The van der Waals surface area contributed by atoms with E-state index in [9.17, 15) is 4.79 Å². The van der Waals surface area contributed by atoms with E-state index in [4.69, 9.17) is 16.3 Å². The summed E-state index contributed by atoms with van der Waals surface area (Å²) >= 11 is 8.20. The van der Waals surface area contributed by atoms with E-state index in [1.165, 1.54) is 0 Å². The molecule has 1 saturated heterocycles. The molecule has 18 heavy (non-hydrogen) atoms. The second-order valence-corrected chi connectivity index (χ2v) is 5.95. The maximum absolute atomic E-state index is 12.3. The van der Waals surface area contributed by atoms with Crippen molar-refractivity contribution >= 4 is 40.1 Å². The van der Waals surface area contributed by atoms with Gasteiger partial charge in [-0.3, -0.25) is 4.79 Å². The second-order valence-electron chi connectivity index (χ2n) is 4.38. The molecule has 0 radical (unpaired) electrons. The average Bonchev–Trinajstić information content (AvgIpc) is 2.41. The molecule has 1 aliphatic heterocycles. The summed E-state index contributed by atoms with van der Waals surface area (Å²) in [4.78, 5) is 14.2. The van der Waals surface area contributed by atoms with Gasteiger partial charge >= 0.3 is 0 Å².